The van der Waals surface area contributed by atoms with Gasteiger partial charge < -0.3 is 9.84 Å². The van der Waals surface area contributed by atoms with E-state index in [0.717, 1.165) is 5.82 Å². The number of methoxy groups -OCH3 is 1. The summed E-state index contributed by atoms with van der Waals surface area (Å²) in [5, 5.41) is 15.0. The molecule has 102 valence electrons. The van der Waals surface area contributed by atoms with Gasteiger partial charge in [0.1, 0.15) is 17.9 Å². The largest absolute Gasteiger partial charge is 0.496 e. The molecule has 5 nitrogen and oxygen atoms in total. The topological polar surface area (TPSA) is 60.2 Å². The molecule has 0 radical (unpaired) electrons. The number of halogens is 1. The van der Waals surface area contributed by atoms with Gasteiger partial charge in [0.2, 0.25) is 0 Å². The molecule has 0 saturated carbocycles. The van der Waals surface area contributed by atoms with Crippen LogP contribution in [0.15, 0.2) is 24.5 Å². The van der Waals surface area contributed by atoms with Gasteiger partial charge in [-0.3, -0.25) is 4.68 Å². The molecule has 1 atom stereocenters. The number of aromatic nitrogens is 3. The van der Waals surface area contributed by atoms with Crippen molar-refractivity contribution in [2.24, 2.45) is 0 Å². The molecular weight excluding hydrogens is 266 g/mol. The van der Waals surface area contributed by atoms with E-state index in [2.05, 4.69) is 10.1 Å². The van der Waals surface area contributed by atoms with Crippen molar-refractivity contribution in [2.75, 3.05) is 7.11 Å². The lowest BCUT2D eigenvalue weighted by Gasteiger charge is -2.15. The molecule has 6 heteroatoms. The zero-order chi connectivity index (χ0) is 13.8. The maximum absolute atomic E-state index is 10.3. The summed E-state index contributed by atoms with van der Waals surface area (Å²) >= 11 is 5.96. The molecule has 1 aromatic heterocycles. The van der Waals surface area contributed by atoms with E-state index in [1.54, 1.807) is 30.0 Å². The van der Waals surface area contributed by atoms with E-state index in [0.29, 0.717) is 29.3 Å². The number of hydrogen-bond acceptors (Lipinski definition) is 4. The van der Waals surface area contributed by atoms with Gasteiger partial charge in [0.05, 0.1) is 13.2 Å². The van der Waals surface area contributed by atoms with Crippen molar-refractivity contribution in [3.8, 4) is 5.75 Å². The van der Waals surface area contributed by atoms with Crippen LogP contribution >= 0.6 is 11.6 Å². The van der Waals surface area contributed by atoms with Crippen LogP contribution in [-0.2, 0) is 13.0 Å². The van der Waals surface area contributed by atoms with E-state index in [4.69, 9.17) is 16.3 Å². The zero-order valence-electron chi connectivity index (χ0n) is 10.9. The molecule has 1 heterocycles. The van der Waals surface area contributed by atoms with Crippen LogP contribution in [-0.4, -0.2) is 27.0 Å². The predicted octanol–water partition coefficient (Wildman–Crippen LogP) is 2.24. The van der Waals surface area contributed by atoms with Crippen molar-refractivity contribution in [3.63, 3.8) is 0 Å². The molecule has 0 aliphatic carbocycles. The Morgan fingerprint density at radius 2 is 2.26 bits per heavy atom. The summed E-state index contributed by atoms with van der Waals surface area (Å²) < 4.78 is 6.99. The second-order valence-corrected chi connectivity index (χ2v) is 4.53. The lowest BCUT2D eigenvalue weighted by Crippen LogP contribution is -2.10. The minimum Gasteiger partial charge on any atom is -0.496 e. The number of benzene rings is 1. The summed E-state index contributed by atoms with van der Waals surface area (Å²) in [4.78, 5) is 4.15. The number of aryl methyl sites for hydroxylation is 1. The van der Waals surface area contributed by atoms with Crippen molar-refractivity contribution in [2.45, 2.75) is 26.0 Å². The Balaban J connectivity index is 2.24. The van der Waals surface area contributed by atoms with Gasteiger partial charge in [-0.05, 0) is 25.1 Å². The molecule has 0 bridgehead atoms. The van der Waals surface area contributed by atoms with Gasteiger partial charge in [0.25, 0.3) is 0 Å². The Morgan fingerprint density at radius 1 is 1.47 bits per heavy atom. The minimum absolute atomic E-state index is 0.366. The van der Waals surface area contributed by atoms with Gasteiger partial charge in [-0.2, -0.15) is 5.10 Å². The lowest BCUT2D eigenvalue weighted by atomic mass is 10.1. The molecule has 1 N–H and O–H groups in total. The maximum Gasteiger partial charge on any atom is 0.138 e. The minimum atomic E-state index is -0.733. The number of nitrogens with zero attached hydrogens (tertiary/aromatic N) is 3. The Bertz CT molecular complexity index is 557. The number of ether oxygens (including phenoxy) is 1. The summed E-state index contributed by atoms with van der Waals surface area (Å²) in [5.41, 5.74) is 0.653. The van der Waals surface area contributed by atoms with E-state index in [9.17, 15) is 5.11 Å². The van der Waals surface area contributed by atoms with Crippen LogP contribution in [0.25, 0.3) is 0 Å². The number of hydrogen-bond donors (Lipinski definition) is 1. The highest BCUT2D eigenvalue weighted by Gasteiger charge is 2.17. The third-order valence-electron chi connectivity index (χ3n) is 2.92. The Morgan fingerprint density at radius 3 is 2.95 bits per heavy atom. The summed E-state index contributed by atoms with van der Waals surface area (Å²) in [5.74, 6) is 1.34. The fourth-order valence-corrected chi connectivity index (χ4v) is 2.14. The molecular formula is C13H16ClN3O2. The van der Waals surface area contributed by atoms with Crippen LogP contribution in [0.5, 0.6) is 5.75 Å². The first-order valence-electron chi connectivity index (χ1n) is 6.04. The van der Waals surface area contributed by atoms with Crippen LogP contribution < -0.4 is 4.74 Å². The smallest absolute Gasteiger partial charge is 0.138 e. The summed E-state index contributed by atoms with van der Waals surface area (Å²) in [6.07, 6.45) is 1.12. The predicted molar refractivity (Wildman–Crippen MR) is 72.4 cm³/mol. The summed E-state index contributed by atoms with van der Waals surface area (Å²) in [6, 6.07) is 5.17. The monoisotopic (exact) mass is 281 g/mol. The number of rotatable bonds is 5. The second-order valence-electron chi connectivity index (χ2n) is 4.10. The van der Waals surface area contributed by atoms with Crippen molar-refractivity contribution >= 4 is 11.6 Å². The number of aliphatic hydroxyl groups is 1. The summed E-state index contributed by atoms with van der Waals surface area (Å²) in [6.45, 7) is 2.69. The fraction of sp³-hybridized carbons (Fsp3) is 0.385. The molecule has 0 spiro atoms. The zero-order valence-corrected chi connectivity index (χ0v) is 11.6. The van der Waals surface area contributed by atoms with Crippen LogP contribution in [0.2, 0.25) is 5.02 Å². The Hall–Kier alpha value is -1.59. The first-order chi connectivity index (χ1) is 9.15. The maximum atomic E-state index is 10.3. The van der Waals surface area contributed by atoms with Gasteiger partial charge in [-0.1, -0.05) is 11.6 Å². The molecule has 0 aliphatic heterocycles. The standard InChI is InChI=1S/C13H16ClN3O2/c1-3-17-13(15-8-16-17)7-11(18)10-6-9(14)4-5-12(10)19-2/h4-6,8,11,18H,3,7H2,1-2H3. The van der Waals surface area contributed by atoms with E-state index < -0.39 is 6.10 Å². The average Bonchev–Trinajstić information content (AvgIpc) is 2.85. The quantitative estimate of drug-likeness (QED) is 0.913. The van der Waals surface area contributed by atoms with Crippen LogP contribution in [0.3, 0.4) is 0 Å². The molecule has 0 fully saturated rings. The van der Waals surface area contributed by atoms with Crippen LogP contribution in [0, 0.1) is 0 Å². The van der Waals surface area contributed by atoms with E-state index in [1.165, 1.54) is 6.33 Å². The third-order valence-corrected chi connectivity index (χ3v) is 3.16. The van der Waals surface area contributed by atoms with Gasteiger partial charge >= 0.3 is 0 Å². The molecule has 1 aromatic carbocycles. The average molecular weight is 282 g/mol. The molecule has 0 aliphatic rings. The fourth-order valence-electron chi connectivity index (χ4n) is 1.96. The Kier molecular flexibility index (Phi) is 4.39. The molecule has 0 amide bonds. The van der Waals surface area contributed by atoms with Crippen LogP contribution in [0.4, 0.5) is 0 Å². The molecule has 19 heavy (non-hydrogen) atoms. The number of aliphatic hydroxyl groups excluding tert-OH is 1. The highest BCUT2D eigenvalue weighted by Crippen LogP contribution is 2.29. The van der Waals surface area contributed by atoms with Crippen molar-refractivity contribution < 1.29 is 9.84 Å². The van der Waals surface area contributed by atoms with Gasteiger partial charge in [0.15, 0.2) is 0 Å². The molecule has 2 rings (SSSR count). The first kappa shape index (κ1) is 13.8. The highest BCUT2D eigenvalue weighted by atomic mass is 35.5. The third kappa shape index (κ3) is 3.05. The molecule has 0 saturated heterocycles. The SMILES string of the molecule is CCn1ncnc1CC(O)c1cc(Cl)ccc1OC. The lowest BCUT2D eigenvalue weighted by molar-refractivity contribution is 0.170. The van der Waals surface area contributed by atoms with Crippen molar-refractivity contribution in [1.29, 1.82) is 0 Å². The van der Waals surface area contributed by atoms with E-state index >= 15 is 0 Å². The second kappa shape index (κ2) is 6.04. The van der Waals surface area contributed by atoms with E-state index in [1.807, 2.05) is 6.92 Å². The highest BCUT2D eigenvalue weighted by molar-refractivity contribution is 6.30. The molecule has 2 aromatic rings. The first-order valence-corrected chi connectivity index (χ1v) is 6.41. The molecule has 1 unspecified atom stereocenters. The normalized spacial score (nSPS) is 12.4. The summed E-state index contributed by atoms with van der Waals surface area (Å²) in [7, 11) is 1.56. The van der Waals surface area contributed by atoms with Crippen molar-refractivity contribution in [3.05, 3.63) is 40.9 Å². The van der Waals surface area contributed by atoms with E-state index in [-0.39, 0.29) is 0 Å². The van der Waals surface area contributed by atoms with Crippen molar-refractivity contribution in [1.82, 2.24) is 14.8 Å². The van der Waals surface area contributed by atoms with Gasteiger partial charge in [-0.15, -0.1) is 0 Å². The van der Waals surface area contributed by atoms with Gasteiger partial charge in [0, 0.05) is 23.6 Å². The Labute approximate surface area is 116 Å². The van der Waals surface area contributed by atoms with Crippen LogP contribution in [0.1, 0.15) is 24.4 Å². The van der Waals surface area contributed by atoms with Gasteiger partial charge in [-0.25, -0.2) is 4.98 Å².